The molecule has 0 atom stereocenters. The molecule has 152 valence electrons. The SMILES string of the molecule is COc1ccc(CN=C(N)NCC(=O)NCCc2ccccc2)cc1OC.I. The Hall–Kier alpha value is -2.49. The molecule has 4 N–H and O–H groups in total. The first kappa shape index (κ1) is 23.5. The maximum Gasteiger partial charge on any atom is 0.239 e. The van der Waals surface area contributed by atoms with Crippen molar-refractivity contribution in [3.8, 4) is 11.5 Å². The highest BCUT2D eigenvalue weighted by Gasteiger charge is 2.05. The molecule has 0 unspecified atom stereocenters. The molecular weight excluding hydrogens is 471 g/mol. The fourth-order valence-electron chi connectivity index (χ4n) is 2.44. The highest BCUT2D eigenvalue weighted by atomic mass is 127. The number of carbonyl (C=O) groups excluding carboxylic acids is 1. The number of guanidine groups is 1. The number of hydrogen-bond donors (Lipinski definition) is 3. The van der Waals surface area contributed by atoms with Crippen LogP contribution >= 0.6 is 24.0 Å². The van der Waals surface area contributed by atoms with Gasteiger partial charge in [0.05, 0.1) is 27.3 Å². The fraction of sp³-hybridized carbons (Fsp3) is 0.300. The van der Waals surface area contributed by atoms with Gasteiger partial charge in [0.1, 0.15) is 0 Å². The Morgan fingerprint density at radius 2 is 1.71 bits per heavy atom. The lowest BCUT2D eigenvalue weighted by molar-refractivity contribution is -0.119. The minimum absolute atomic E-state index is 0. The third-order valence-corrected chi connectivity index (χ3v) is 3.89. The molecule has 0 aliphatic rings. The van der Waals surface area contributed by atoms with Crippen LogP contribution in [0.25, 0.3) is 0 Å². The molecule has 2 aromatic carbocycles. The van der Waals surface area contributed by atoms with Gasteiger partial charge in [-0.3, -0.25) is 4.79 Å². The molecule has 0 aliphatic heterocycles. The number of amides is 1. The molecule has 0 fully saturated rings. The van der Waals surface area contributed by atoms with E-state index >= 15 is 0 Å². The van der Waals surface area contributed by atoms with Crippen LogP contribution in [0, 0.1) is 0 Å². The number of nitrogens with two attached hydrogens (primary N) is 1. The van der Waals surface area contributed by atoms with E-state index in [1.165, 1.54) is 5.56 Å². The Kier molecular flexibility index (Phi) is 10.8. The van der Waals surface area contributed by atoms with Gasteiger partial charge in [0, 0.05) is 6.54 Å². The van der Waals surface area contributed by atoms with Crippen LogP contribution in [-0.2, 0) is 17.8 Å². The van der Waals surface area contributed by atoms with Crippen molar-refractivity contribution in [1.82, 2.24) is 10.6 Å². The van der Waals surface area contributed by atoms with Crippen LogP contribution in [0.1, 0.15) is 11.1 Å². The van der Waals surface area contributed by atoms with Crippen molar-refractivity contribution in [2.24, 2.45) is 10.7 Å². The second-order valence-corrected chi connectivity index (χ2v) is 5.83. The fourth-order valence-corrected chi connectivity index (χ4v) is 2.44. The lowest BCUT2D eigenvalue weighted by atomic mass is 10.1. The molecule has 7 nitrogen and oxygen atoms in total. The van der Waals surface area contributed by atoms with E-state index in [0.29, 0.717) is 24.6 Å². The van der Waals surface area contributed by atoms with Crippen molar-refractivity contribution in [1.29, 1.82) is 0 Å². The Bertz CT molecular complexity index is 769. The Morgan fingerprint density at radius 1 is 1.00 bits per heavy atom. The molecule has 0 bridgehead atoms. The van der Waals surface area contributed by atoms with Crippen LogP contribution in [0.15, 0.2) is 53.5 Å². The summed E-state index contributed by atoms with van der Waals surface area (Å²) in [4.78, 5) is 16.1. The quantitative estimate of drug-likeness (QED) is 0.280. The van der Waals surface area contributed by atoms with Crippen LogP contribution in [-0.4, -0.2) is 39.2 Å². The van der Waals surface area contributed by atoms with E-state index in [-0.39, 0.29) is 42.4 Å². The number of ether oxygens (including phenoxy) is 2. The summed E-state index contributed by atoms with van der Waals surface area (Å²) in [5, 5.41) is 5.66. The van der Waals surface area contributed by atoms with Gasteiger partial charge in [0.15, 0.2) is 17.5 Å². The van der Waals surface area contributed by atoms with Gasteiger partial charge >= 0.3 is 0 Å². The Morgan fingerprint density at radius 3 is 2.39 bits per heavy atom. The highest BCUT2D eigenvalue weighted by Crippen LogP contribution is 2.27. The third kappa shape index (κ3) is 8.03. The van der Waals surface area contributed by atoms with E-state index in [1.807, 2.05) is 48.5 Å². The van der Waals surface area contributed by atoms with E-state index in [9.17, 15) is 4.79 Å². The molecule has 2 rings (SSSR count). The first-order valence-electron chi connectivity index (χ1n) is 8.67. The smallest absolute Gasteiger partial charge is 0.239 e. The monoisotopic (exact) mass is 498 g/mol. The maximum atomic E-state index is 11.9. The number of aliphatic imine (C=N–C) groups is 1. The van der Waals surface area contributed by atoms with Crippen molar-refractivity contribution in [2.75, 3.05) is 27.3 Å². The van der Waals surface area contributed by atoms with Crippen molar-refractivity contribution < 1.29 is 14.3 Å². The summed E-state index contributed by atoms with van der Waals surface area (Å²) in [7, 11) is 3.17. The molecule has 0 aromatic heterocycles. The molecule has 8 heteroatoms. The first-order chi connectivity index (χ1) is 13.1. The highest BCUT2D eigenvalue weighted by molar-refractivity contribution is 14.0. The van der Waals surface area contributed by atoms with Crippen LogP contribution < -0.4 is 25.8 Å². The average Bonchev–Trinajstić information content (AvgIpc) is 2.71. The summed E-state index contributed by atoms with van der Waals surface area (Å²) >= 11 is 0. The second-order valence-electron chi connectivity index (χ2n) is 5.83. The molecule has 0 heterocycles. The Labute approximate surface area is 182 Å². The van der Waals surface area contributed by atoms with E-state index < -0.39 is 0 Å². The number of rotatable bonds is 9. The van der Waals surface area contributed by atoms with Crippen LogP contribution in [0.3, 0.4) is 0 Å². The molecule has 2 aromatic rings. The largest absolute Gasteiger partial charge is 0.493 e. The molecular formula is C20H27IN4O3. The van der Waals surface area contributed by atoms with Gasteiger partial charge in [-0.15, -0.1) is 24.0 Å². The van der Waals surface area contributed by atoms with Gasteiger partial charge in [0.25, 0.3) is 0 Å². The number of halogens is 1. The normalized spacial score (nSPS) is 10.6. The predicted molar refractivity (Wildman–Crippen MR) is 121 cm³/mol. The van der Waals surface area contributed by atoms with Gasteiger partial charge < -0.3 is 25.8 Å². The van der Waals surface area contributed by atoms with Crippen LogP contribution in [0.2, 0.25) is 0 Å². The van der Waals surface area contributed by atoms with Gasteiger partial charge in [-0.2, -0.15) is 0 Å². The number of nitrogens with one attached hydrogen (secondary N) is 2. The predicted octanol–water partition coefficient (Wildman–Crippen LogP) is 2.09. The van der Waals surface area contributed by atoms with Gasteiger partial charge in [-0.25, -0.2) is 4.99 Å². The zero-order valence-corrected chi connectivity index (χ0v) is 18.4. The lowest BCUT2D eigenvalue weighted by Gasteiger charge is -2.09. The average molecular weight is 498 g/mol. The number of nitrogens with zero attached hydrogens (tertiary/aromatic N) is 1. The van der Waals surface area contributed by atoms with E-state index in [1.54, 1.807) is 14.2 Å². The Balaban J connectivity index is 0.00000392. The number of benzene rings is 2. The van der Waals surface area contributed by atoms with Crippen LogP contribution in [0.5, 0.6) is 11.5 Å². The van der Waals surface area contributed by atoms with E-state index in [4.69, 9.17) is 15.2 Å². The van der Waals surface area contributed by atoms with Crippen molar-refractivity contribution >= 4 is 35.8 Å². The topological polar surface area (TPSA) is 98.0 Å². The molecule has 0 radical (unpaired) electrons. The van der Waals surface area contributed by atoms with Crippen molar-refractivity contribution in [3.05, 3.63) is 59.7 Å². The van der Waals surface area contributed by atoms with E-state index in [2.05, 4.69) is 15.6 Å². The maximum absolute atomic E-state index is 11.9. The van der Waals surface area contributed by atoms with Gasteiger partial charge in [-0.1, -0.05) is 36.4 Å². The van der Waals surface area contributed by atoms with Crippen molar-refractivity contribution in [2.45, 2.75) is 13.0 Å². The molecule has 0 aliphatic carbocycles. The van der Waals surface area contributed by atoms with Crippen LogP contribution in [0.4, 0.5) is 0 Å². The molecule has 0 spiro atoms. The summed E-state index contributed by atoms with van der Waals surface area (Å²) < 4.78 is 10.5. The summed E-state index contributed by atoms with van der Waals surface area (Å²) in [5.74, 6) is 1.37. The van der Waals surface area contributed by atoms with E-state index in [0.717, 1.165) is 12.0 Å². The number of methoxy groups -OCH3 is 2. The minimum atomic E-state index is -0.129. The standard InChI is InChI=1S/C20H26N4O3.HI/c1-26-17-9-8-16(12-18(17)27-2)13-23-20(21)24-14-19(25)22-11-10-15-6-4-3-5-7-15;/h3-9,12H,10-11,13-14H2,1-2H3,(H,22,25)(H3,21,23,24);1H. The molecule has 0 saturated heterocycles. The second kappa shape index (κ2) is 12.8. The summed E-state index contributed by atoms with van der Waals surface area (Å²) in [6, 6.07) is 15.5. The zero-order chi connectivity index (χ0) is 19.5. The number of carbonyl (C=O) groups is 1. The zero-order valence-electron chi connectivity index (χ0n) is 16.1. The van der Waals surface area contributed by atoms with Gasteiger partial charge in [-0.05, 0) is 29.7 Å². The minimum Gasteiger partial charge on any atom is -0.493 e. The number of hydrogen-bond acceptors (Lipinski definition) is 4. The molecule has 1 amide bonds. The lowest BCUT2D eigenvalue weighted by Crippen LogP contribution is -2.41. The molecule has 28 heavy (non-hydrogen) atoms. The summed E-state index contributed by atoms with van der Waals surface area (Å²) in [5.41, 5.74) is 7.92. The molecule has 0 saturated carbocycles. The van der Waals surface area contributed by atoms with Crippen molar-refractivity contribution in [3.63, 3.8) is 0 Å². The summed E-state index contributed by atoms with van der Waals surface area (Å²) in [6.07, 6.45) is 0.787. The third-order valence-electron chi connectivity index (χ3n) is 3.89. The summed E-state index contributed by atoms with van der Waals surface area (Å²) in [6.45, 7) is 1.03. The first-order valence-corrected chi connectivity index (χ1v) is 8.67. The van der Waals surface area contributed by atoms with Gasteiger partial charge in [0.2, 0.25) is 5.91 Å².